The maximum absolute atomic E-state index is 13.9. The number of nitrogens with two attached hydrogens (primary N) is 1. The van der Waals surface area contributed by atoms with Crippen molar-refractivity contribution in [2.75, 3.05) is 38.8 Å². The molecule has 0 aliphatic carbocycles. The molecule has 0 aromatic heterocycles. The van der Waals surface area contributed by atoms with Crippen LogP contribution >= 0.6 is 0 Å². The van der Waals surface area contributed by atoms with Gasteiger partial charge in [-0.15, -0.1) is 0 Å². The summed E-state index contributed by atoms with van der Waals surface area (Å²) >= 11 is 0. The van der Waals surface area contributed by atoms with E-state index in [2.05, 4.69) is 5.32 Å². The molecule has 3 N–H and O–H groups in total. The minimum atomic E-state index is -0.493. The molecule has 106 valence electrons. The number of nitrogens with one attached hydrogen (secondary N) is 1. The molecule has 1 aromatic rings. The van der Waals surface area contributed by atoms with Crippen LogP contribution in [0.5, 0.6) is 0 Å². The maximum Gasteiger partial charge on any atom is 0.236 e. The van der Waals surface area contributed by atoms with Crippen LogP contribution in [0, 0.1) is 5.82 Å². The number of nitrogens with zero attached hydrogens (tertiary/aromatic N) is 1. The number of hydrogen-bond donors (Lipinski definition) is 2. The molecular formula is C13H20FN3O2. The molecule has 0 saturated carbocycles. The topological polar surface area (TPSA) is 67.6 Å². The molecule has 6 heteroatoms. The van der Waals surface area contributed by atoms with Crippen molar-refractivity contribution in [3.05, 3.63) is 29.6 Å². The Hall–Kier alpha value is -1.66. The molecule has 5 nitrogen and oxygen atoms in total. The standard InChI is InChI=1S/C13H20FN3O2/c1-17(9-13(15)18)12-4-3-10(7-11(12)14)8-16-5-6-19-2/h3-4,7,16H,5-6,8-9H2,1-2H3,(H2,15,18). The number of hydrogen-bond acceptors (Lipinski definition) is 4. The Morgan fingerprint density at radius 2 is 2.26 bits per heavy atom. The fourth-order valence-electron chi connectivity index (χ4n) is 1.70. The fourth-order valence-corrected chi connectivity index (χ4v) is 1.70. The number of anilines is 1. The van der Waals surface area contributed by atoms with Gasteiger partial charge in [-0.25, -0.2) is 4.39 Å². The highest BCUT2D eigenvalue weighted by Crippen LogP contribution is 2.19. The Labute approximate surface area is 112 Å². The first kappa shape index (κ1) is 15.4. The van der Waals surface area contributed by atoms with E-state index in [1.165, 1.54) is 11.0 Å². The lowest BCUT2D eigenvalue weighted by atomic mass is 10.2. The monoisotopic (exact) mass is 269 g/mol. The van der Waals surface area contributed by atoms with E-state index >= 15 is 0 Å². The van der Waals surface area contributed by atoms with Crippen LogP contribution in [0.25, 0.3) is 0 Å². The molecule has 1 rings (SSSR count). The second kappa shape index (κ2) is 7.70. The zero-order chi connectivity index (χ0) is 14.3. The summed E-state index contributed by atoms with van der Waals surface area (Å²) in [5.41, 5.74) is 6.28. The van der Waals surface area contributed by atoms with E-state index in [1.807, 2.05) is 6.07 Å². The minimum Gasteiger partial charge on any atom is -0.383 e. The van der Waals surface area contributed by atoms with E-state index in [4.69, 9.17) is 10.5 Å². The predicted molar refractivity (Wildman–Crippen MR) is 72.4 cm³/mol. The number of carbonyl (C=O) groups is 1. The Balaban J connectivity index is 2.61. The SMILES string of the molecule is COCCNCc1ccc(N(C)CC(N)=O)c(F)c1. The third-order valence-corrected chi connectivity index (χ3v) is 2.63. The van der Waals surface area contributed by atoms with Gasteiger partial charge < -0.3 is 20.7 Å². The van der Waals surface area contributed by atoms with Gasteiger partial charge in [-0.05, 0) is 17.7 Å². The molecule has 0 unspecified atom stereocenters. The number of methoxy groups -OCH3 is 1. The summed E-state index contributed by atoms with van der Waals surface area (Å²) in [5.74, 6) is -0.859. The lowest BCUT2D eigenvalue weighted by Gasteiger charge is -2.18. The molecule has 19 heavy (non-hydrogen) atoms. The first-order chi connectivity index (χ1) is 9.04. The van der Waals surface area contributed by atoms with Crippen molar-refractivity contribution in [1.82, 2.24) is 5.32 Å². The van der Waals surface area contributed by atoms with Gasteiger partial charge in [0.25, 0.3) is 0 Å². The van der Waals surface area contributed by atoms with Gasteiger partial charge >= 0.3 is 0 Å². The average Bonchev–Trinajstić information content (AvgIpc) is 2.33. The van der Waals surface area contributed by atoms with Crippen molar-refractivity contribution in [3.8, 4) is 0 Å². The molecule has 0 spiro atoms. The van der Waals surface area contributed by atoms with Crippen LogP contribution in [-0.2, 0) is 16.1 Å². The lowest BCUT2D eigenvalue weighted by molar-refractivity contribution is -0.116. The molecule has 0 bridgehead atoms. The number of halogens is 1. The number of amides is 1. The third kappa shape index (κ3) is 5.23. The van der Waals surface area contributed by atoms with Crippen molar-refractivity contribution < 1.29 is 13.9 Å². The van der Waals surface area contributed by atoms with E-state index in [9.17, 15) is 9.18 Å². The van der Waals surface area contributed by atoms with Crippen molar-refractivity contribution >= 4 is 11.6 Å². The Morgan fingerprint density at radius 1 is 1.53 bits per heavy atom. The first-order valence-corrected chi connectivity index (χ1v) is 6.02. The smallest absolute Gasteiger partial charge is 0.236 e. The summed E-state index contributed by atoms with van der Waals surface area (Å²) in [7, 11) is 3.25. The summed E-state index contributed by atoms with van der Waals surface area (Å²) in [6.45, 7) is 1.88. The highest BCUT2D eigenvalue weighted by molar-refractivity contribution is 5.79. The number of carbonyl (C=O) groups excluding carboxylic acids is 1. The summed E-state index contributed by atoms with van der Waals surface area (Å²) in [6, 6.07) is 4.91. The number of primary amides is 1. The molecule has 0 atom stereocenters. The molecule has 0 radical (unpaired) electrons. The fraction of sp³-hybridized carbons (Fsp3) is 0.462. The van der Waals surface area contributed by atoms with E-state index in [0.29, 0.717) is 25.4 Å². The summed E-state index contributed by atoms with van der Waals surface area (Å²) in [6.07, 6.45) is 0. The van der Waals surface area contributed by atoms with Crippen LogP contribution in [0.3, 0.4) is 0 Å². The van der Waals surface area contributed by atoms with E-state index in [-0.39, 0.29) is 12.4 Å². The highest BCUT2D eigenvalue weighted by atomic mass is 19.1. The molecule has 1 aromatic carbocycles. The predicted octanol–water partition coefficient (Wildman–Crippen LogP) is 0.483. The number of benzene rings is 1. The largest absolute Gasteiger partial charge is 0.383 e. The van der Waals surface area contributed by atoms with Crippen molar-refractivity contribution in [2.24, 2.45) is 5.73 Å². The molecule has 0 aliphatic heterocycles. The molecule has 0 fully saturated rings. The maximum atomic E-state index is 13.9. The molecule has 1 amide bonds. The van der Waals surface area contributed by atoms with Gasteiger partial charge in [-0.3, -0.25) is 4.79 Å². The van der Waals surface area contributed by atoms with E-state index in [0.717, 1.165) is 5.56 Å². The molecule has 0 aliphatic rings. The van der Waals surface area contributed by atoms with Crippen molar-refractivity contribution in [1.29, 1.82) is 0 Å². The van der Waals surface area contributed by atoms with Crippen LogP contribution in [-0.4, -0.2) is 39.8 Å². The minimum absolute atomic E-state index is 0.0116. The van der Waals surface area contributed by atoms with E-state index < -0.39 is 5.91 Å². The second-order valence-electron chi connectivity index (χ2n) is 4.28. The van der Waals surface area contributed by atoms with Gasteiger partial charge in [0.05, 0.1) is 18.8 Å². The van der Waals surface area contributed by atoms with Crippen LogP contribution in [0.1, 0.15) is 5.56 Å². The molecular weight excluding hydrogens is 249 g/mol. The summed E-state index contributed by atoms with van der Waals surface area (Å²) in [5, 5.41) is 3.13. The van der Waals surface area contributed by atoms with E-state index in [1.54, 1.807) is 20.2 Å². The van der Waals surface area contributed by atoms with Gasteiger partial charge in [0.2, 0.25) is 5.91 Å². The zero-order valence-corrected chi connectivity index (χ0v) is 11.3. The summed E-state index contributed by atoms with van der Waals surface area (Å²) in [4.78, 5) is 12.3. The van der Waals surface area contributed by atoms with Gasteiger partial charge in [-0.2, -0.15) is 0 Å². The normalized spacial score (nSPS) is 10.5. The summed E-state index contributed by atoms with van der Waals surface area (Å²) < 4.78 is 18.8. The van der Waals surface area contributed by atoms with Crippen molar-refractivity contribution in [3.63, 3.8) is 0 Å². The van der Waals surface area contributed by atoms with Crippen LogP contribution < -0.4 is 16.0 Å². The van der Waals surface area contributed by atoms with Gasteiger partial charge in [0.15, 0.2) is 0 Å². The van der Waals surface area contributed by atoms with Crippen molar-refractivity contribution in [2.45, 2.75) is 6.54 Å². The molecule has 0 saturated heterocycles. The first-order valence-electron chi connectivity index (χ1n) is 6.02. The Morgan fingerprint density at radius 3 is 2.84 bits per heavy atom. The second-order valence-corrected chi connectivity index (χ2v) is 4.28. The number of ether oxygens (including phenoxy) is 1. The number of likely N-dealkylation sites (N-methyl/N-ethyl adjacent to an activating group) is 1. The zero-order valence-electron chi connectivity index (χ0n) is 11.3. The van der Waals surface area contributed by atoms with Gasteiger partial charge in [0, 0.05) is 27.2 Å². The Kier molecular flexibility index (Phi) is 6.24. The number of rotatable bonds is 8. The quantitative estimate of drug-likeness (QED) is 0.674. The third-order valence-electron chi connectivity index (χ3n) is 2.63. The van der Waals surface area contributed by atoms with Gasteiger partial charge in [0.1, 0.15) is 5.82 Å². The average molecular weight is 269 g/mol. The highest BCUT2D eigenvalue weighted by Gasteiger charge is 2.10. The van der Waals surface area contributed by atoms with Crippen LogP contribution in [0.15, 0.2) is 18.2 Å². The lowest BCUT2D eigenvalue weighted by Crippen LogP contribution is -2.31. The molecule has 0 heterocycles. The van der Waals surface area contributed by atoms with Crippen LogP contribution in [0.4, 0.5) is 10.1 Å². The van der Waals surface area contributed by atoms with Gasteiger partial charge in [-0.1, -0.05) is 6.07 Å². The Bertz CT molecular complexity index is 426. The van der Waals surface area contributed by atoms with Crippen LogP contribution in [0.2, 0.25) is 0 Å².